The van der Waals surface area contributed by atoms with E-state index in [0.29, 0.717) is 19.6 Å². The Morgan fingerprint density at radius 2 is 2.26 bits per heavy atom. The summed E-state index contributed by atoms with van der Waals surface area (Å²) in [5, 5.41) is 18.7. The fourth-order valence-electron chi connectivity index (χ4n) is 1.95. The van der Waals surface area contributed by atoms with Crippen molar-refractivity contribution in [1.29, 1.82) is 0 Å². The number of rotatable bonds is 2. The van der Waals surface area contributed by atoms with E-state index in [2.05, 4.69) is 20.2 Å². The van der Waals surface area contributed by atoms with Crippen LogP contribution in [0.5, 0.6) is 0 Å². The summed E-state index contributed by atoms with van der Waals surface area (Å²) in [6, 6.07) is 0. The topological polar surface area (TPSA) is 103 Å². The van der Waals surface area contributed by atoms with Gasteiger partial charge in [0.15, 0.2) is 5.82 Å². The van der Waals surface area contributed by atoms with Gasteiger partial charge in [0.25, 0.3) is 0 Å². The first-order chi connectivity index (χ1) is 9.15. The van der Waals surface area contributed by atoms with Crippen molar-refractivity contribution in [2.75, 3.05) is 11.4 Å². The molecule has 9 nitrogen and oxygen atoms in total. The molecule has 2 aromatic heterocycles. The molecule has 2 aromatic rings. The van der Waals surface area contributed by atoms with Crippen LogP contribution in [0, 0.1) is 10.1 Å². The number of nitrogens with zero attached hydrogens (tertiary/aromatic N) is 7. The van der Waals surface area contributed by atoms with Gasteiger partial charge in [-0.25, -0.2) is 4.98 Å². The molecule has 0 N–H and O–H groups in total. The maximum absolute atomic E-state index is 11.0. The van der Waals surface area contributed by atoms with Crippen molar-refractivity contribution in [3.05, 3.63) is 33.7 Å². The first-order valence-corrected chi connectivity index (χ1v) is 5.81. The summed E-state index contributed by atoms with van der Waals surface area (Å²) >= 11 is 5.72. The molecular formula is C9H8ClN7O2. The third-order valence-electron chi connectivity index (χ3n) is 2.86. The van der Waals surface area contributed by atoms with E-state index < -0.39 is 4.92 Å². The van der Waals surface area contributed by atoms with E-state index in [1.165, 1.54) is 0 Å². The smallest absolute Gasteiger partial charge is 0.329 e. The molecule has 0 unspecified atom stereocenters. The van der Waals surface area contributed by atoms with Crippen LogP contribution in [0.2, 0.25) is 5.28 Å². The van der Waals surface area contributed by atoms with E-state index in [9.17, 15) is 10.1 Å². The van der Waals surface area contributed by atoms with Crippen LogP contribution in [-0.2, 0) is 13.1 Å². The van der Waals surface area contributed by atoms with Gasteiger partial charge in [-0.1, -0.05) is 0 Å². The molecule has 0 spiro atoms. The van der Waals surface area contributed by atoms with Crippen LogP contribution in [0.3, 0.4) is 0 Å². The van der Waals surface area contributed by atoms with Gasteiger partial charge in [-0.05, 0) is 11.6 Å². The Balaban J connectivity index is 1.99. The largest absolute Gasteiger partial charge is 0.341 e. The predicted octanol–water partition coefficient (Wildman–Crippen LogP) is 0.650. The second-order valence-corrected chi connectivity index (χ2v) is 4.31. The van der Waals surface area contributed by atoms with Crippen LogP contribution >= 0.6 is 11.6 Å². The Morgan fingerprint density at radius 3 is 3.05 bits per heavy atom. The first kappa shape index (κ1) is 11.8. The molecule has 10 heteroatoms. The SMILES string of the molecule is O=[N+]([O-])c1cnc(Cl)nc1N1CCn2cnnc2C1. The molecule has 0 fully saturated rings. The van der Waals surface area contributed by atoms with Crippen molar-refractivity contribution in [3.63, 3.8) is 0 Å². The van der Waals surface area contributed by atoms with Crippen molar-refractivity contribution < 1.29 is 4.92 Å². The fraction of sp³-hybridized carbons (Fsp3) is 0.333. The number of aromatic nitrogens is 5. The summed E-state index contributed by atoms with van der Waals surface area (Å²) in [6.07, 6.45) is 2.75. The first-order valence-electron chi connectivity index (χ1n) is 5.43. The predicted molar refractivity (Wildman–Crippen MR) is 64.8 cm³/mol. The molecule has 1 aliphatic rings. The van der Waals surface area contributed by atoms with Gasteiger partial charge in [0.1, 0.15) is 12.5 Å². The maximum Gasteiger partial charge on any atom is 0.329 e. The van der Waals surface area contributed by atoms with E-state index in [4.69, 9.17) is 11.6 Å². The van der Waals surface area contributed by atoms with Crippen LogP contribution in [0.4, 0.5) is 11.5 Å². The van der Waals surface area contributed by atoms with Crippen molar-refractivity contribution >= 4 is 23.1 Å². The zero-order chi connectivity index (χ0) is 13.4. The van der Waals surface area contributed by atoms with Crippen molar-refractivity contribution in [2.45, 2.75) is 13.1 Å². The number of fused-ring (bicyclic) bond motifs is 1. The highest BCUT2D eigenvalue weighted by Crippen LogP contribution is 2.28. The van der Waals surface area contributed by atoms with Crippen molar-refractivity contribution in [2.24, 2.45) is 0 Å². The van der Waals surface area contributed by atoms with Crippen molar-refractivity contribution in [1.82, 2.24) is 24.7 Å². The minimum atomic E-state index is -0.523. The number of hydrogen-bond donors (Lipinski definition) is 0. The molecule has 0 aromatic carbocycles. The number of halogens is 1. The zero-order valence-electron chi connectivity index (χ0n) is 9.60. The van der Waals surface area contributed by atoms with Crippen LogP contribution in [0.15, 0.2) is 12.5 Å². The minimum absolute atomic E-state index is 0.0207. The van der Waals surface area contributed by atoms with Crippen molar-refractivity contribution in [3.8, 4) is 0 Å². The highest BCUT2D eigenvalue weighted by atomic mass is 35.5. The normalized spacial score (nSPS) is 14.3. The van der Waals surface area contributed by atoms with E-state index in [-0.39, 0.29) is 16.8 Å². The summed E-state index contributed by atoms with van der Waals surface area (Å²) in [7, 11) is 0. The lowest BCUT2D eigenvalue weighted by atomic mass is 10.3. The van der Waals surface area contributed by atoms with Gasteiger partial charge in [0.2, 0.25) is 11.1 Å². The molecule has 0 amide bonds. The van der Waals surface area contributed by atoms with Gasteiger partial charge < -0.3 is 9.47 Å². The number of hydrogen-bond acceptors (Lipinski definition) is 7. The second-order valence-electron chi connectivity index (χ2n) is 3.97. The lowest BCUT2D eigenvalue weighted by molar-refractivity contribution is -0.384. The van der Waals surface area contributed by atoms with E-state index >= 15 is 0 Å². The van der Waals surface area contributed by atoms with Gasteiger partial charge in [-0.3, -0.25) is 10.1 Å². The highest BCUT2D eigenvalue weighted by Gasteiger charge is 2.26. The van der Waals surface area contributed by atoms with E-state index in [1.807, 2.05) is 4.57 Å². The van der Waals surface area contributed by atoms with Gasteiger partial charge in [0, 0.05) is 13.1 Å². The Kier molecular flexibility index (Phi) is 2.75. The maximum atomic E-state index is 11.0. The van der Waals surface area contributed by atoms with Crippen LogP contribution < -0.4 is 4.90 Å². The Morgan fingerprint density at radius 1 is 1.42 bits per heavy atom. The van der Waals surface area contributed by atoms with Gasteiger partial charge in [0.05, 0.1) is 11.5 Å². The lowest BCUT2D eigenvalue weighted by Crippen LogP contribution is -2.34. The molecule has 98 valence electrons. The van der Waals surface area contributed by atoms with Gasteiger partial charge in [-0.2, -0.15) is 4.98 Å². The zero-order valence-corrected chi connectivity index (χ0v) is 10.4. The Hall–Kier alpha value is -2.29. The molecule has 0 saturated carbocycles. The average Bonchev–Trinajstić information content (AvgIpc) is 2.85. The molecule has 0 radical (unpaired) electrons. The lowest BCUT2D eigenvalue weighted by Gasteiger charge is -2.27. The monoisotopic (exact) mass is 281 g/mol. The highest BCUT2D eigenvalue weighted by molar-refractivity contribution is 6.28. The molecule has 0 aliphatic carbocycles. The van der Waals surface area contributed by atoms with Crippen LogP contribution in [0.25, 0.3) is 0 Å². The minimum Gasteiger partial charge on any atom is -0.341 e. The Bertz CT molecular complexity index is 643. The molecule has 1 aliphatic heterocycles. The Labute approximate surface area is 112 Å². The van der Waals surface area contributed by atoms with Crippen LogP contribution in [-0.4, -0.2) is 36.2 Å². The molecule has 19 heavy (non-hydrogen) atoms. The number of anilines is 1. The molecule has 3 rings (SSSR count). The summed E-state index contributed by atoms with van der Waals surface area (Å²) in [5.74, 6) is 0.939. The summed E-state index contributed by atoms with van der Waals surface area (Å²) < 4.78 is 1.89. The second kappa shape index (κ2) is 4.43. The molecular weight excluding hydrogens is 274 g/mol. The quantitative estimate of drug-likeness (QED) is 0.452. The third-order valence-corrected chi connectivity index (χ3v) is 3.04. The van der Waals surface area contributed by atoms with Gasteiger partial charge >= 0.3 is 5.69 Å². The van der Waals surface area contributed by atoms with E-state index in [0.717, 1.165) is 12.0 Å². The molecule has 0 atom stereocenters. The number of nitro groups is 1. The summed E-state index contributed by atoms with van der Waals surface area (Å²) in [5.41, 5.74) is -0.169. The van der Waals surface area contributed by atoms with E-state index in [1.54, 1.807) is 11.2 Å². The summed E-state index contributed by atoms with van der Waals surface area (Å²) in [4.78, 5) is 19.8. The fourth-order valence-corrected chi connectivity index (χ4v) is 2.08. The van der Waals surface area contributed by atoms with Gasteiger partial charge in [-0.15, -0.1) is 10.2 Å². The molecule has 3 heterocycles. The average molecular weight is 282 g/mol. The molecule has 0 bridgehead atoms. The third kappa shape index (κ3) is 2.08. The standard InChI is InChI=1S/C9H8ClN7O2/c10-9-11-3-6(17(18)19)8(13-9)15-1-2-16-5-12-14-7(16)4-15/h3,5H,1-2,4H2. The van der Waals surface area contributed by atoms with Crippen LogP contribution in [0.1, 0.15) is 5.82 Å². The summed E-state index contributed by atoms with van der Waals surface area (Å²) in [6.45, 7) is 1.61. The molecule has 0 saturated heterocycles.